The van der Waals surface area contributed by atoms with Gasteiger partial charge in [0.15, 0.2) is 5.76 Å². The molecule has 1 heterocycles. The maximum atomic E-state index is 13.4. The number of anilines is 1. The predicted octanol–water partition coefficient (Wildman–Crippen LogP) is 3.28. The highest BCUT2D eigenvalue weighted by Crippen LogP contribution is 2.20. The minimum Gasteiger partial charge on any atom is -0.465 e. The van der Waals surface area contributed by atoms with Crippen LogP contribution in [0.2, 0.25) is 0 Å². The number of rotatable bonds is 3. The Balaban J connectivity index is 1.97. The zero-order valence-electron chi connectivity index (χ0n) is 14.0. The molecular formula is C19H14FNO5. The number of amides is 1. The van der Waals surface area contributed by atoms with Gasteiger partial charge >= 0.3 is 11.6 Å². The van der Waals surface area contributed by atoms with Crippen molar-refractivity contribution in [3.63, 3.8) is 0 Å². The van der Waals surface area contributed by atoms with Crippen LogP contribution in [0.1, 0.15) is 26.5 Å². The lowest BCUT2D eigenvalue weighted by Gasteiger charge is -2.10. The number of hydrogen-bond acceptors (Lipinski definition) is 5. The van der Waals surface area contributed by atoms with E-state index in [0.717, 1.165) is 12.1 Å². The van der Waals surface area contributed by atoms with Gasteiger partial charge in [-0.3, -0.25) is 4.79 Å². The van der Waals surface area contributed by atoms with E-state index in [-0.39, 0.29) is 22.1 Å². The molecule has 7 heteroatoms. The molecule has 2 aromatic carbocycles. The Morgan fingerprint density at radius 3 is 2.62 bits per heavy atom. The van der Waals surface area contributed by atoms with Gasteiger partial charge in [0.25, 0.3) is 5.91 Å². The van der Waals surface area contributed by atoms with Crippen LogP contribution >= 0.6 is 0 Å². The number of esters is 1. The highest BCUT2D eigenvalue weighted by Gasteiger charge is 2.15. The molecule has 1 amide bonds. The van der Waals surface area contributed by atoms with Crippen LogP contribution in [0.15, 0.2) is 51.7 Å². The Morgan fingerprint density at radius 1 is 1.12 bits per heavy atom. The van der Waals surface area contributed by atoms with Gasteiger partial charge in [-0.1, -0.05) is 6.07 Å². The minimum absolute atomic E-state index is 0.173. The zero-order chi connectivity index (χ0) is 18.8. The van der Waals surface area contributed by atoms with Crippen LogP contribution in [-0.2, 0) is 4.74 Å². The van der Waals surface area contributed by atoms with Crippen molar-refractivity contribution >= 4 is 28.3 Å². The Bertz CT molecular complexity index is 1090. The standard InChI is InChI=1S/C19H14FNO5/c1-10-3-4-11(18(23)25-2)8-15(10)21-17(22)16-9-12-7-13(20)5-6-14(12)19(24)26-16/h3-9H,1-2H3,(H,21,22). The molecule has 0 spiro atoms. The number of aryl methyl sites for hydroxylation is 1. The van der Waals surface area contributed by atoms with Crippen molar-refractivity contribution in [3.05, 3.63) is 75.6 Å². The minimum atomic E-state index is -0.743. The van der Waals surface area contributed by atoms with Gasteiger partial charge in [-0.2, -0.15) is 0 Å². The van der Waals surface area contributed by atoms with Gasteiger partial charge in [0.05, 0.1) is 18.1 Å². The lowest BCUT2D eigenvalue weighted by atomic mass is 10.1. The van der Waals surface area contributed by atoms with E-state index in [0.29, 0.717) is 11.3 Å². The number of halogens is 1. The second-order valence-electron chi connectivity index (χ2n) is 5.61. The molecule has 0 saturated heterocycles. The van der Waals surface area contributed by atoms with Gasteiger partial charge in [0.2, 0.25) is 0 Å². The van der Waals surface area contributed by atoms with Crippen molar-refractivity contribution < 1.29 is 23.1 Å². The van der Waals surface area contributed by atoms with Crippen LogP contribution in [0.5, 0.6) is 0 Å². The number of ether oxygens (including phenoxy) is 1. The van der Waals surface area contributed by atoms with E-state index < -0.39 is 23.3 Å². The van der Waals surface area contributed by atoms with Gasteiger partial charge < -0.3 is 14.5 Å². The highest BCUT2D eigenvalue weighted by molar-refractivity contribution is 6.05. The number of carbonyl (C=O) groups excluding carboxylic acids is 2. The molecule has 1 N–H and O–H groups in total. The third-order valence-electron chi connectivity index (χ3n) is 3.85. The molecule has 0 unspecified atom stereocenters. The maximum absolute atomic E-state index is 13.4. The Morgan fingerprint density at radius 2 is 1.88 bits per heavy atom. The first-order valence-electron chi connectivity index (χ1n) is 7.63. The smallest absolute Gasteiger partial charge is 0.344 e. The molecule has 3 rings (SSSR count). The van der Waals surface area contributed by atoms with Crippen LogP contribution in [0.4, 0.5) is 10.1 Å². The summed E-state index contributed by atoms with van der Waals surface area (Å²) in [7, 11) is 1.25. The predicted molar refractivity (Wildman–Crippen MR) is 92.9 cm³/mol. The Hall–Kier alpha value is -3.48. The topological polar surface area (TPSA) is 85.6 Å². The van der Waals surface area contributed by atoms with Gasteiger partial charge in [-0.05, 0) is 54.3 Å². The van der Waals surface area contributed by atoms with E-state index in [1.807, 2.05) is 0 Å². The van der Waals surface area contributed by atoms with Gasteiger partial charge in [-0.25, -0.2) is 14.0 Å². The van der Waals surface area contributed by atoms with Crippen molar-refractivity contribution in [2.24, 2.45) is 0 Å². The molecule has 1 aromatic heterocycles. The van der Waals surface area contributed by atoms with Crippen molar-refractivity contribution in [1.29, 1.82) is 0 Å². The third-order valence-corrected chi connectivity index (χ3v) is 3.85. The van der Waals surface area contributed by atoms with E-state index in [1.165, 1.54) is 25.3 Å². The number of benzene rings is 2. The van der Waals surface area contributed by atoms with E-state index in [9.17, 15) is 18.8 Å². The summed E-state index contributed by atoms with van der Waals surface area (Å²) in [6, 6.07) is 9.53. The summed E-state index contributed by atoms with van der Waals surface area (Å²) in [4.78, 5) is 36.1. The summed E-state index contributed by atoms with van der Waals surface area (Å²) in [5.41, 5.74) is 0.572. The van der Waals surface area contributed by atoms with E-state index in [2.05, 4.69) is 10.1 Å². The maximum Gasteiger partial charge on any atom is 0.344 e. The summed E-state index contributed by atoms with van der Waals surface area (Å²) >= 11 is 0. The quantitative estimate of drug-likeness (QED) is 0.729. The summed E-state index contributed by atoms with van der Waals surface area (Å²) < 4.78 is 23.0. The second kappa shape index (κ2) is 6.79. The molecule has 3 aromatic rings. The molecule has 0 aliphatic rings. The first-order chi connectivity index (χ1) is 12.4. The first kappa shape index (κ1) is 17.3. The lowest BCUT2D eigenvalue weighted by Crippen LogP contribution is -2.16. The fourth-order valence-electron chi connectivity index (χ4n) is 2.46. The number of hydrogen-bond donors (Lipinski definition) is 1. The van der Waals surface area contributed by atoms with E-state index in [1.54, 1.807) is 19.1 Å². The van der Waals surface area contributed by atoms with Crippen LogP contribution in [0, 0.1) is 12.7 Å². The highest BCUT2D eigenvalue weighted by atomic mass is 19.1. The summed E-state index contributed by atoms with van der Waals surface area (Å²) in [5.74, 6) is -2.04. The normalized spacial score (nSPS) is 10.6. The van der Waals surface area contributed by atoms with Crippen LogP contribution < -0.4 is 10.9 Å². The SMILES string of the molecule is COC(=O)c1ccc(C)c(NC(=O)c2cc3cc(F)ccc3c(=O)o2)c1. The lowest BCUT2D eigenvalue weighted by molar-refractivity contribution is 0.0600. The fraction of sp³-hybridized carbons (Fsp3) is 0.105. The molecule has 0 radical (unpaired) electrons. The van der Waals surface area contributed by atoms with Crippen LogP contribution in [0.25, 0.3) is 10.8 Å². The second-order valence-corrected chi connectivity index (χ2v) is 5.61. The van der Waals surface area contributed by atoms with Crippen molar-refractivity contribution in [3.8, 4) is 0 Å². The molecular weight excluding hydrogens is 341 g/mol. The largest absolute Gasteiger partial charge is 0.465 e. The van der Waals surface area contributed by atoms with Crippen molar-refractivity contribution in [1.82, 2.24) is 0 Å². The Kier molecular flexibility index (Phi) is 4.53. The average Bonchev–Trinajstić information content (AvgIpc) is 2.62. The van der Waals surface area contributed by atoms with Crippen LogP contribution in [-0.4, -0.2) is 19.0 Å². The van der Waals surface area contributed by atoms with E-state index >= 15 is 0 Å². The summed E-state index contributed by atoms with van der Waals surface area (Å²) in [6.45, 7) is 1.74. The number of nitrogens with one attached hydrogen (secondary N) is 1. The van der Waals surface area contributed by atoms with E-state index in [4.69, 9.17) is 4.42 Å². The average molecular weight is 355 g/mol. The van der Waals surface area contributed by atoms with Gasteiger partial charge in [0, 0.05) is 5.69 Å². The Labute approximate surface area is 147 Å². The zero-order valence-corrected chi connectivity index (χ0v) is 14.0. The molecule has 0 aliphatic carbocycles. The van der Waals surface area contributed by atoms with Gasteiger partial charge in [0.1, 0.15) is 5.82 Å². The molecule has 0 saturated carbocycles. The summed E-state index contributed by atoms with van der Waals surface area (Å²) in [6.07, 6.45) is 0. The monoisotopic (exact) mass is 355 g/mol. The van der Waals surface area contributed by atoms with Crippen molar-refractivity contribution in [2.45, 2.75) is 6.92 Å². The molecule has 132 valence electrons. The first-order valence-corrected chi connectivity index (χ1v) is 7.63. The summed E-state index contributed by atoms with van der Waals surface area (Å²) in [5, 5.41) is 3.01. The molecule has 6 nitrogen and oxygen atoms in total. The van der Waals surface area contributed by atoms with Gasteiger partial charge in [-0.15, -0.1) is 0 Å². The molecule has 0 aliphatic heterocycles. The molecule has 26 heavy (non-hydrogen) atoms. The fourth-order valence-corrected chi connectivity index (χ4v) is 2.46. The van der Waals surface area contributed by atoms with Crippen molar-refractivity contribution in [2.75, 3.05) is 12.4 Å². The molecule has 0 bridgehead atoms. The molecule has 0 fully saturated rings. The number of methoxy groups -OCH3 is 1. The third kappa shape index (κ3) is 3.32. The molecule has 0 atom stereocenters. The van der Waals surface area contributed by atoms with Crippen LogP contribution in [0.3, 0.4) is 0 Å². The number of carbonyl (C=O) groups is 2. The number of fused-ring (bicyclic) bond motifs is 1.